The number of hydrogen-bond acceptors (Lipinski definition) is 5. The zero-order chi connectivity index (χ0) is 19.7. The standard InChI is InChI=1S/C21H26NO5P/c1-3-26-28(24,27-4-2)14-19-18(12-22-20(19)13-25-21(22)23)17-11-7-9-15-8-5-6-10-16(15)17/h5-11,18-20H,3-4,12-14H2,1-2H3/t18-,19-,20+/m1/s1. The van der Waals surface area contributed by atoms with E-state index in [1.54, 1.807) is 4.90 Å². The van der Waals surface area contributed by atoms with E-state index in [-0.39, 0.29) is 30.1 Å². The highest BCUT2D eigenvalue weighted by atomic mass is 31.2. The summed E-state index contributed by atoms with van der Waals surface area (Å²) in [5.41, 5.74) is 1.17. The monoisotopic (exact) mass is 403 g/mol. The fraction of sp³-hybridized carbons (Fsp3) is 0.476. The van der Waals surface area contributed by atoms with Gasteiger partial charge >= 0.3 is 13.7 Å². The van der Waals surface area contributed by atoms with Crippen molar-refractivity contribution in [2.75, 3.05) is 32.5 Å². The highest BCUT2D eigenvalue weighted by Crippen LogP contribution is 2.55. The summed E-state index contributed by atoms with van der Waals surface area (Å²) in [7, 11) is -3.25. The molecule has 4 rings (SSSR count). The molecule has 0 spiro atoms. The number of rotatable bonds is 7. The Morgan fingerprint density at radius 3 is 2.57 bits per heavy atom. The van der Waals surface area contributed by atoms with Crippen LogP contribution in [0.5, 0.6) is 0 Å². The van der Waals surface area contributed by atoms with Gasteiger partial charge in [0.25, 0.3) is 0 Å². The molecule has 3 atom stereocenters. The lowest BCUT2D eigenvalue weighted by atomic mass is 9.84. The van der Waals surface area contributed by atoms with Gasteiger partial charge in [0.05, 0.1) is 25.4 Å². The van der Waals surface area contributed by atoms with E-state index in [1.807, 2.05) is 32.0 Å². The van der Waals surface area contributed by atoms with Crippen molar-refractivity contribution in [2.45, 2.75) is 25.8 Å². The first-order valence-electron chi connectivity index (χ1n) is 9.85. The Hall–Kier alpha value is -1.88. The highest BCUT2D eigenvalue weighted by molar-refractivity contribution is 7.53. The lowest BCUT2D eigenvalue weighted by Crippen LogP contribution is -2.32. The summed E-state index contributed by atoms with van der Waals surface area (Å²) in [6.07, 6.45) is -0.0132. The molecule has 6 nitrogen and oxygen atoms in total. The second kappa shape index (κ2) is 7.86. The second-order valence-corrected chi connectivity index (χ2v) is 9.37. The van der Waals surface area contributed by atoms with Crippen molar-refractivity contribution in [1.82, 2.24) is 4.90 Å². The van der Waals surface area contributed by atoms with Crippen molar-refractivity contribution in [1.29, 1.82) is 0 Å². The average Bonchev–Trinajstić information content (AvgIpc) is 3.22. The molecule has 0 unspecified atom stereocenters. The zero-order valence-corrected chi connectivity index (χ0v) is 17.1. The topological polar surface area (TPSA) is 65.1 Å². The molecule has 2 aliphatic rings. The molecule has 0 saturated carbocycles. The third-order valence-electron chi connectivity index (χ3n) is 5.73. The average molecular weight is 403 g/mol. The van der Waals surface area contributed by atoms with Gasteiger partial charge in [-0.3, -0.25) is 4.57 Å². The largest absolute Gasteiger partial charge is 0.447 e. The van der Waals surface area contributed by atoms with E-state index in [0.29, 0.717) is 26.4 Å². The third kappa shape index (κ3) is 3.45. The van der Waals surface area contributed by atoms with Gasteiger partial charge in [-0.05, 0) is 30.2 Å². The number of amides is 1. The fourth-order valence-corrected chi connectivity index (χ4v) is 6.68. The van der Waals surface area contributed by atoms with Gasteiger partial charge in [0, 0.05) is 18.4 Å². The summed E-state index contributed by atoms with van der Waals surface area (Å²) in [5, 5.41) is 2.32. The van der Waals surface area contributed by atoms with Gasteiger partial charge in [-0.2, -0.15) is 0 Å². The summed E-state index contributed by atoms with van der Waals surface area (Å²) in [6, 6.07) is 14.4. The summed E-state index contributed by atoms with van der Waals surface area (Å²) < 4.78 is 29.7. The molecule has 28 heavy (non-hydrogen) atoms. The minimum absolute atomic E-state index is 0.0539. The van der Waals surface area contributed by atoms with Gasteiger partial charge in [-0.1, -0.05) is 42.5 Å². The molecule has 150 valence electrons. The van der Waals surface area contributed by atoms with Gasteiger partial charge in [0.1, 0.15) is 6.61 Å². The predicted molar refractivity (Wildman–Crippen MR) is 108 cm³/mol. The number of ether oxygens (including phenoxy) is 1. The van der Waals surface area contributed by atoms with Crippen molar-refractivity contribution in [3.05, 3.63) is 48.0 Å². The van der Waals surface area contributed by atoms with Crippen molar-refractivity contribution in [3.8, 4) is 0 Å². The van der Waals surface area contributed by atoms with Gasteiger partial charge in [-0.15, -0.1) is 0 Å². The molecule has 0 aliphatic carbocycles. The van der Waals surface area contributed by atoms with E-state index in [2.05, 4.69) is 24.3 Å². The Bertz CT molecular complexity index is 901. The fourth-order valence-electron chi connectivity index (χ4n) is 4.59. The van der Waals surface area contributed by atoms with Gasteiger partial charge in [0.15, 0.2) is 0 Å². The first kappa shape index (κ1) is 19.4. The Morgan fingerprint density at radius 2 is 1.82 bits per heavy atom. The predicted octanol–water partition coefficient (Wildman–Crippen LogP) is 4.64. The number of benzene rings is 2. The first-order valence-corrected chi connectivity index (χ1v) is 11.6. The number of fused-ring (bicyclic) bond motifs is 2. The molecule has 2 heterocycles. The van der Waals surface area contributed by atoms with Crippen LogP contribution in [0.1, 0.15) is 25.3 Å². The Kier molecular flexibility index (Phi) is 5.46. The van der Waals surface area contributed by atoms with Gasteiger partial charge in [-0.25, -0.2) is 4.79 Å². The molecule has 0 N–H and O–H groups in total. The van der Waals surface area contributed by atoms with Crippen molar-refractivity contribution < 1.29 is 23.1 Å². The number of carbonyl (C=O) groups excluding carboxylic acids is 1. The molecule has 0 aromatic heterocycles. The normalized spacial score (nSPS) is 24.6. The van der Waals surface area contributed by atoms with E-state index in [1.165, 1.54) is 5.56 Å². The SMILES string of the molecule is CCOP(=O)(C[C@@H]1[C@@H](c2cccc3ccccc23)CN2C(=O)OC[C@@H]12)OCC. The molecule has 0 radical (unpaired) electrons. The van der Waals surface area contributed by atoms with Crippen LogP contribution in [0.25, 0.3) is 10.8 Å². The second-order valence-electron chi connectivity index (χ2n) is 7.26. The van der Waals surface area contributed by atoms with Crippen LogP contribution in [0.3, 0.4) is 0 Å². The molecule has 0 bridgehead atoms. The molecule has 2 saturated heterocycles. The maximum absolute atomic E-state index is 13.3. The number of hydrogen-bond donors (Lipinski definition) is 0. The van der Waals surface area contributed by atoms with Crippen molar-refractivity contribution >= 4 is 24.5 Å². The van der Waals surface area contributed by atoms with Crippen LogP contribution in [-0.2, 0) is 18.3 Å². The maximum Gasteiger partial charge on any atom is 0.410 e. The number of nitrogens with zero attached hydrogens (tertiary/aromatic N) is 1. The summed E-state index contributed by atoms with van der Waals surface area (Å²) in [6.45, 7) is 5.16. The van der Waals surface area contributed by atoms with E-state index in [4.69, 9.17) is 13.8 Å². The van der Waals surface area contributed by atoms with Crippen LogP contribution in [0.15, 0.2) is 42.5 Å². The molecular formula is C21H26NO5P. The Balaban J connectivity index is 1.74. The minimum Gasteiger partial charge on any atom is -0.447 e. The van der Waals surface area contributed by atoms with Crippen LogP contribution < -0.4 is 0 Å². The molecule has 2 aliphatic heterocycles. The van der Waals surface area contributed by atoms with Crippen LogP contribution in [0.2, 0.25) is 0 Å². The van der Waals surface area contributed by atoms with Gasteiger partial charge < -0.3 is 18.7 Å². The smallest absolute Gasteiger partial charge is 0.410 e. The molecule has 2 aromatic carbocycles. The van der Waals surface area contributed by atoms with Gasteiger partial charge in [0.2, 0.25) is 0 Å². The molecule has 2 fully saturated rings. The van der Waals surface area contributed by atoms with Crippen LogP contribution in [-0.4, -0.2) is 49.6 Å². The molecule has 7 heteroatoms. The van der Waals surface area contributed by atoms with Crippen LogP contribution in [0, 0.1) is 5.92 Å². The van der Waals surface area contributed by atoms with Crippen molar-refractivity contribution in [3.63, 3.8) is 0 Å². The molecule has 1 amide bonds. The lowest BCUT2D eigenvalue weighted by Gasteiger charge is -2.27. The Labute approximate surface area is 165 Å². The van der Waals surface area contributed by atoms with E-state index in [9.17, 15) is 9.36 Å². The zero-order valence-electron chi connectivity index (χ0n) is 16.2. The third-order valence-corrected chi connectivity index (χ3v) is 7.90. The van der Waals surface area contributed by atoms with E-state index < -0.39 is 7.60 Å². The van der Waals surface area contributed by atoms with Crippen LogP contribution in [0.4, 0.5) is 4.79 Å². The summed E-state index contributed by atoms with van der Waals surface area (Å²) in [5.74, 6) is -0.000577. The van der Waals surface area contributed by atoms with Crippen molar-refractivity contribution in [2.24, 2.45) is 5.92 Å². The highest BCUT2D eigenvalue weighted by Gasteiger charge is 2.52. The number of cyclic esters (lactones) is 1. The minimum atomic E-state index is -3.25. The number of carbonyl (C=O) groups is 1. The van der Waals surface area contributed by atoms with Crippen LogP contribution >= 0.6 is 7.60 Å². The quantitative estimate of drug-likeness (QED) is 0.630. The Morgan fingerprint density at radius 1 is 1.11 bits per heavy atom. The summed E-state index contributed by atoms with van der Waals surface area (Å²) >= 11 is 0. The lowest BCUT2D eigenvalue weighted by molar-refractivity contribution is 0.158. The van der Waals surface area contributed by atoms with E-state index in [0.717, 1.165) is 10.8 Å². The van der Waals surface area contributed by atoms with E-state index >= 15 is 0 Å². The maximum atomic E-state index is 13.3. The molecule has 2 aromatic rings. The first-order chi connectivity index (χ1) is 13.6. The summed E-state index contributed by atoms with van der Waals surface area (Å²) in [4.78, 5) is 14.0. The molecular weight excluding hydrogens is 377 g/mol.